The van der Waals surface area contributed by atoms with Crippen molar-refractivity contribution in [1.82, 2.24) is 4.90 Å². The number of rotatable bonds is 9. The van der Waals surface area contributed by atoms with Crippen LogP contribution in [0.5, 0.6) is 5.75 Å². The number of hydrogen-bond acceptors (Lipinski definition) is 8. The van der Waals surface area contributed by atoms with Crippen molar-refractivity contribution in [3.63, 3.8) is 0 Å². The average molecular weight is 471 g/mol. The second-order valence-electron chi connectivity index (χ2n) is 7.23. The largest absolute Gasteiger partial charge is 0.488 e. The van der Waals surface area contributed by atoms with E-state index in [-0.39, 0.29) is 23.3 Å². The predicted octanol–water partition coefficient (Wildman–Crippen LogP) is 4.55. The van der Waals surface area contributed by atoms with Gasteiger partial charge in [-0.2, -0.15) is 0 Å². The Balaban J connectivity index is 1.70. The van der Waals surface area contributed by atoms with Crippen LogP contribution >= 0.6 is 11.8 Å². The first-order valence-corrected chi connectivity index (χ1v) is 11.0. The van der Waals surface area contributed by atoms with Gasteiger partial charge in [0.05, 0.1) is 15.9 Å². The zero-order valence-electron chi connectivity index (χ0n) is 18.1. The molecular formula is C23H22N2O7S. The minimum atomic E-state index is -0.639. The van der Waals surface area contributed by atoms with Gasteiger partial charge in [0.1, 0.15) is 18.9 Å². The highest BCUT2D eigenvalue weighted by Gasteiger charge is 2.37. The van der Waals surface area contributed by atoms with E-state index in [9.17, 15) is 24.5 Å². The molecule has 0 unspecified atom stereocenters. The van der Waals surface area contributed by atoms with E-state index in [0.717, 1.165) is 22.2 Å². The Morgan fingerprint density at radius 3 is 2.55 bits per heavy atom. The van der Waals surface area contributed by atoms with Crippen LogP contribution < -0.4 is 4.74 Å². The van der Waals surface area contributed by atoms with E-state index in [1.807, 2.05) is 6.92 Å². The Hall–Kier alpha value is -3.66. The monoisotopic (exact) mass is 470 g/mol. The number of nitro groups is 1. The van der Waals surface area contributed by atoms with Gasteiger partial charge in [0.2, 0.25) is 0 Å². The van der Waals surface area contributed by atoms with Crippen LogP contribution in [0.1, 0.15) is 31.4 Å². The minimum Gasteiger partial charge on any atom is -0.488 e. The van der Waals surface area contributed by atoms with Gasteiger partial charge < -0.3 is 9.47 Å². The van der Waals surface area contributed by atoms with Crippen LogP contribution in [0.25, 0.3) is 6.08 Å². The molecule has 3 rings (SSSR count). The maximum atomic E-state index is 12.7. The average Bonchev–Trinajstić information content (AvgIpc) is 3.05. The number of hydrogen-bond donors (Lipinski definition) is 0. The van der Waals surface area contributed by atoms with Crippen molar-refractivity contribution < 1.29 is 28.8 Å². The third-order valence-electron chi connectivity index (χ3n) is 4.82. The van der Waals surface area contributed by atoms with Crippen LogP contribution in [0.15, 0.2) is 53.4 Å². The molecule has 0 bridgehead atoms. The zero-order chi connectivity index (χ0) is 24.0. The summed E-state index contributed by atoms with van der Waals surface area (Å²) in [6, 6.07) is 13.0. The lowest BCUT2D eigenvalue weighted by Crippen LogP contribution is -2.35. The minimum absolute atomic E-state index is 0.0112. The number of esters is 1. The number of nitrogens with zero attached hydrogens (tertiary/aromatic N) is 2. The molecule has 10 heteroatoms. The zero-order valence-corrected chi connectivity index (χ0v) is 18.9. The van der Waals surface area contributed by atoms with E-state index in [2.05, 4.69) is 0 Å². The molecular weight excluding hydrogens is 448 g/mol. The van der Waals surface area contributed by atoms with Crippen LogP contribution in [-0.2, 0) is 20.9 Å². The predicted molar refractivity (Wildman–Crippen MR) is 122 cm³/mol. The van der Waals surface area contributed by atoms with Gasteiger partial charge >= 0.3 is 5.97 Å². The number of non-ortho nitro benzene ring substituents is 1. The summed E-state index contributed by atoms with van der Waals surface area (Å²) in [5.74, 6) is -0.741. The van der Waals surface area contributed by atoms with E-state index >= 15 is 0 Å². The molecule has 9 nitrogen and oxygen atoms in total. The smallest absolute Gasteiger partial charge is 0.326 e. The third kappa shape index (κ3) is 6.19. The number of benzene rings is 2. The summed E-state index contributed by atoms with van der Waals surface area (Å²) in [7, 11) is 0. The molecule has 0 aliphatic carbocycles. The molecule has 1 saturated heterocycles. The van der Waals surface area contributed by atoms with Crippen molar-refractivity contribution in [2.45, 2.75) is 33.0 Å². The van der Waals surface area contributed by atoms with Crippen LogP contribution in [0.4, 0.5) is 10.5 Å². The Kier molecular flexibility index (Phi) is 7.83. The van der Waals surface area contributed by atoms with Crippen LogP contribution in [-0.4, -0.2) is 39.6 Å². The molecule has 1 aliphatic rings. The van der Waals surface area contributed by atoms with Crippen LogP contribution in [0, 0.1) is 10.1 Å². The van der Waals surface area contributed by atoms with Crippen molar-refractivity contribution in [3.05, 3.63) is 74.7 Å². The van der Waals surface area contributed by atoms with Crippen LogP contribution in [0.3, 0.4) is 0 Å². The molecule has 0 spiro atoms. The molecule has 1 atom stereocenters. The van der Waals surface area contributed by atoms with Crippen molar-refractivity contribution >= 4 is 40.6 Å². The summed E-state index contributed by atoms with van der Waals surface area (Å²) in [5, 5.41) is 10.2. The quantitative estimate of drug-likeness (QED) is 0.227. The summed E-state index contributed by atoms with van der Waals surface area (Å²) < 4.78 is 11.0. The van der Waals surface area contributed by atoms with Gasteiger partial charge in [0, 0.05) is 17.7 Å². The second kappa shape index (κ2) is 10.8. The van der Waals surface area contributed by atoms with Gasteiger partial charge in [0.25, 0.3) is 16.8 Å². The van der Waals surface area contributed by atoms with Gasteiger partial charge in [-0.1, -0.05) is 25.1 Å². The number of amides is 2. The Bertz CT molecular complexity index is 1100. The molecule has 33 heavy (non-hydrogen) atoms. The van der Waals surface area contributed by atoms with Crippen molar-refractivity contribution in [3.8, 4) is 5.75 Å². The van der Waals surface area contributed by atoms with Gasteiger partial charge in [0.15, 0.2) is 0 Å². The molecule has 0 radical (unpaired) electrons. The highest BCUT2D eigenvalue weighted by Crippen LogP contribution is 2.34. The Morgan fingerprint density at radius 1 is 1.18 bits per heavy atom. The highest BCUT2D eigenvalue weighted by molar-refractivity contribution is 8.18. The maximum Gasteiger partial charge on any atom is 0.326 e. The summed E-state index contributed by atoms with van der Waals surface area (Å²) in [5.41, 5.74) is 1.30. The van der Waals surface area contributed by atoms with Gasteiger partial charge in [-0.05, 0) is 54.9 Å². The highest BCUT2D eigenvalue weighted by atomic mass is 32.2. The van der Waals surface area contributed by atoms with E-state index in [0.29, 0.717) is 17.7 Å². The fourth-order valence-corrected chi connectivity index (χ4v) is 3.69. The molecule has 0 aromatic heterocycles. The van der Waals surface area contributed by atoms with E-state index < -0.39 is 28.6 Å². The van der Waals surface area contributed by atoms with Gasteiger partial charge in [-0.25, -0.2) is 0 Å². The Morgan fingerprint density at radius 2 is 1.88 bits per heavy atom. The molecule has 2 amide bonds. The molecule has 1 heterocycles. The molecule has 1 aliphatic heterocycles. The van der Waals surface area contributed by atoms with E-state index in [1.54, 1.807) is 43.3 Å². The number of ether oxygens (including phenoxy) is 2. The number of carbonyl (C=O) groups excluding carboxylic acids is 3. The second-order valence-corrected chi connectivity index (χ2v) is 8.22. The number of para-hydroxylation sites is 1. The van der Waals surface area contributed by atoms with Crippen LogP contribution in [0.2, 0.25) is 0 Å². The first-order valence-electron chi connectivity index (χ1n) is 10.2. The standard InChI is InChI=1S/C23H22N2O7S/c1-3-15(2)32-21(26)13-24-22(27)20(33-23(24)28)12-17-6-4-5-7-19(17)31-14-16-8-10-18(11-9-16)25(29)30/h4-12,15H,3,13-14H2,1-2H3/b20-12-/t15-/m1/s1. The molecule has 0 N–H and O–H groups in total. The molecule has 0 saturated carbocycles. The number of nitro benzene ring substituents is 1. The van der Waals surface area contributed by atoms with E-state index in [1.165, 1.54) is 18.2 Å². The molecule has 2 aromatic carbocycles. The summed E-state index contributed by atoms with van der Waals surface area (Å²) >= 11 is 0.742. The van der Waals surface area contributed by atoms with Crippen molar-refractivity contribution in [2.75, 3.05) is 6.54 Å². The summed E-state index contributed by atoms with van der Waals surface area (Å²) in [4.78, 5) is 48.3. The number of thioether (sulfide) groups is 1. The van der Waals surface area contributed by atoms with Crippen molar-refractivity contribution in [1.29, 1.82) is 0 Å². The lowest BCUT2D eigenvalue weighted by atomic mass is 10.1. The molecule has 1 fully saturated rings. The van der Waals surface area contributed by atoms with Crippen molar-refractivity contribution in [2.24, 2.45) is 0 Å². The Labute approximate surface area is 194 Å². The summed E-state index contributed by atoms with van der Waals surface area (Å²) in [6.45, 7) is 3.32. The first-order chi connectivity index (χ1) is 15.8. The lowest BCUT2D eigenvalue weighted by molar-refractivity contribution is -0.384. The number of imide groups is 1. The van der Waals surface area contributed by atoms with E-state index in [4.69, 9.17) is 9.47 Å². The number of carbonyl (C=O) groups is 3. The first kappa shape index (κ1) is 24.0. The molecule has 172 valence electrons. The SMILES string of the molecule is CC[C@@H](C)OC(=O)CN1C(=O)S/C(=C\c2ccccc2OCc2ccc([N+](=O)[O-])cc2)C1=O. The fourth-order valence-electron chi connectivity index (χ4n) is 2.86. The molecule has 2 aromatic rings. The lowest BCUT2D eigenvalue weighted by Gasteiger charge is -2.15. The van der Waals surface area contributed by atoms with Gasteiger partial charge in [-0.3, -0.25) is 29.4 Å². The fraction of sp³-hybridized carbons (Fsp3) is 0.261. The van der Waals surface area contributed by atoms with Gasteiger partial charge in [-0.15, -0.1) is 0 Å². The summed E-state index contributed by atoms with van der Waals surface area (Å²) in [6.07, 6.45) is 1.87. The topological polar surface area (TPSA) is 116 Å². The normalized spacial score (nSPS) is 15.6. The maximum absolute atomic E-state index is 12.7. The third-order valence-corrected chi connectivity index (χ3v) is 5.72.